The molecule has 0 aromatic heterocycles. The molecule has 1 aliphatic heterocycles. The second kappa shape index (κ2) is 9.16. The average Bonchev–Trinajstić information content (AvgIpc) is 3.11. The van der Waals surface area contributed by atoms with Gasteiger partial charge in [0.05, 0.1) is 12.7 Å². The number of alkyl halides is 3. The predicted octanol–water partition coefficient (Wildman–Crippen LogP) is 2.64. The SMILES string of the molecule is CN=C(NCc1ccc(OC)cc1C(F)(F)F)NC1CCN(C(=O)C(C)C)C1. The fourth-order valence-electron chi connectivity index (χ4n) is 3.11. The Morgan fingerprint density at radius 3 is 2.68 bits per heavy atom. The topological polar surface area (TPSA) is 66.0 Å². The van der Waals surface area contributed by atoms with E-state index in [0.717, 1.165) is 12.5 Å². The summed E-state index contributed by atoms with van der Waals surface area (Å²) in [5.74, 6) is 0.583. The van der Waals surface area contributed by atoms with Crippen LogP contribution in [0.2, 0.25) is 0 Å². The minimum absolute atomic E-state index is 0.00635. The van der Waals surface area contributed by atoms with Gasteiger partial charge in [0.15, 0.2) is 5.96 Å². The molecular weight excluding hydrogens is 373 g/mol. The maximum atomic E-state index is 13.3. The Labute approximate surface area is 163 Å². The molecule has 1 unspecified atom stereocenters. The Morgan fingerprint density at radius 1 is 1.39 bits per heavy atom. The van der Waals surface area contributed by atoms with Crippen molar-refractivity contribution in [1.82, 2.24) is 15.5 Å². The Morgan fingerprint density at radius 2 is 2.11 bits per heavy atom. The number of amides is 1. The molecule has 1 aromatic rings. The van der Waals surface area contributed by atoms with E-state index < -0.39 is 11.7 Å². The Hall–Kier alpha value is -2.45. The van der Waals surface area contributed by atoms with Crippen molar-refractivity contribution in [2.24, 2.45) is 10.9 Å². The number of nitrogens with one attached hydrogen (secondary N) is 2. The van der Waals surface area contributed by atoms with E-state index in [0.29, 0.717) is 19.0 Å². The minimum Gasteiger partial charge on any atom is -0.497 e. The lowest BCUT2D eigenvalue weighted by molar-refractivity contribution is -0.138. The number of methoxy groups -OCH3 is 1. The number of carbonyl (C=O) groups is 1. The number of halogens is 3. The molecule has 2 N–H and O–H groups in total. The van der Waals surface area contributed by atoms with Crippen LogP contribution in [0, 0.1) is 5.92 Å². The Balaban J connectivity index is 1.99. The monoisotopic (exact) mass is 400 g/mol. The van der Waals surface area contributed by atoms with E-state index in [1.807, 2.05) is 13.8 Å². The van der Waals surface area contributed by atoms with Gasteiger partial charge in [-0.2, -0.15) is 13.2 Å². The summed E-state index contributed by atoms with van der Waals surface area (Å²) in [7, 11) is 2.88. The fraction of sp³-hybridized carbons (Fsp3) is 0.579. The molecule has 1 atom stereocenters. The van der Waals surface area contributed by atoms with E-state index in [1.54, 1.807) is 11.9 Å². The molecule has 1 saturated heterocycles. The van der Waals surface area contributed by atoms with Gasteiger partial charge in [-0.3, -0.25) is 9.79 Å². The van der Waals surface area contributed by atoms with Gasteiger partial charge in [-0.05, 0) is 24.1 Å². The van der Waals surface area contributed by atoms with E-state index in [1.165, 1.54) is 19.2 Å². The van der Waals surface area contributed by atoms with Crippen molar-refractivity contribution >= 4 is 11.9 Å². The molecule has 156 valence electrons. The molecule has 1 amide bonds. The number of hydrogen-bond donors (Lipinski definition) is 2. The number of guanidine groups is 1. The molecule has 2 rings (SSSR count). The van der Waals surface area contributed by atoms with Gasteiger partial charge in [-0.1, -0.05) is 19.9 Å². The van der Waals surface area contributed by atoms with E-state index in [9.17, 15) is 18.0 Å². The van der Waals surface area contributed by atoms with Gasteiger partial charge in [0.25, 0.3) is 0 Å². The van der Waals surface area contributed by atoms with Crippen molar-refractivity contribution in [2.45, 2.75) is 39.0 Å². The molecule has 0 spiro atoms. The predicted molar refractivity (Wildman–Crippen MR) is 101 cm³/mol. The van der Waals surface area contributed by atoms with Crippen LogP contribution in [0.3, 0.4) is 0 Å². The molecule has 9 heteroatoms. The van der Waals surface area contributed by atoms with E-state index in [-0.39, 0.29) is 35.7 Å². The average molecular weight is 400 g/mol. The summed E-state index contributed by atoms with van der Waals surface area (Å²) in [5, 5.41) is 6.10. The van der Waals surface area contributed by atoms with Crippen LogP contribution in [0.1, 0.15) is 31.4 Å². The van der Waals surface area contributed by atoms with Crippen molar-refractivity contribution in [1.29, 1.82) is 0 Å². The van der Waals surface area contributed by atoms with Gasteiger partial charge in [-0.15, -0.1) is 0 Å². The smallest absolute Gasteiger partial charge is 0.416 e. The molecule has 0 saturated carbocycles. The van der Waals surface area contributed by atoms with Gasteiger partial charge in [0, 0.05) is 38.6 Å². The Bertz CT molecular complexity index is 720. The largest absolute Gasteiger partial charge is 0.497 e. The highest BCUT2D eigenvalue weighted by Gasteiger charge is 2.34. The summed E-state index contributed by atoms with van der Waals surface area (Å²) in [5.41, 5.74) is -0.649. The van der Waals surface area contributed by atoms with Crippen LogP contribution in [0.5, 0.6) is 5.75 Å². The molecule has 1 aliphatic rings. The lowest BCUT2D eigenvalue weighted by Gasteiger charge is -2.21. The van der Waals surface area contributed by atoms with Crippen molar-refractivity contribution in [3.63, 3.8) is 0 Å². The molecule has 0 aliphatic carbocycles. The van der Waals surface area contributed by atoms with Gasteiger partial charge in [-0.25, -0.2) is 0 Å². The van der Waals surface area contributed by atoms with Crippen molar-refractivity contribution < 1.29 is 22.7 Å². The number of benzene rings is 1. The molecule has 0 bridgehead atoms. The second-order valence-electron chi connectivity index (χ2n) is 7.02. The summed E-state index contributed by atoms with van der Waals surface area (Å²) in [6, 6.07) is 3.88. The third-order valence-corrected chi connectivity index (χ3v) is 4.63. The normalized spacial score (nSPS) is 17.8. The van der Waals surface area contributed by atoms with E-state index >= 15 is 0 Å². The summed E-state index contributed by atoms with van der Waals surface area (Å²) in [6.07, 6.45) is -3.72. The maximum absolute atomic E-state index is 13.3. The lowest BCUT2D eigenvalue weighted by atomic mass is 10.1. The third-order valence-electron chi connectivity index (χ3n) is 4.63. The molecule has 6 nitrogen and oxygen atoms in total. The maximum Gasteiger partial charge on any atom is 0.416 e. The number of aliphatic imine (C=N–C) groups is 1. The first-order chi connectivity index (χ1) is 13.2. The minimum atomic E-state index is -4.48. The summed E-state index contributed by atoms with van der Waals surface area (Å²) in [6.45, 7) is 4.88. The zero-order valence-electron chi connectivity index (χ0n) is 16.6. The van der Waals surface area contributed by atoms with Gasteiger partial charge < -0.3 is 20.3 Å². The number of nitrogens with zero attached hydrogens (tertiary/aromatic N) is 2. The van der Waals surface area contributed by atoms with Crippen LogP contribution in [0.25, 0.3) is 0 Å². The van der Waals surface area contributed by atoms with Crippen LogP contribution >= 0.6 is 0 Å². The van der Waals surface area contributed by atoms with Crippen LogP contribution in [-0.2, 0) is 17.5 Å². The Kier molecular flexibility index (Phi) is 7.15. The highest BCUT2D eigenvalue weighted by molar-refractivity contribution is 5.81. The molecule has 0 radical (unpaired) electrons. The molecule has 1 aromatic carbocycles. The second-order valence-corrected chi connectivity index (χ2v) is 7.02. The first-order valence-electron chi connectivity index (χ1n) is 9.15. The lowest BCUT2D eigenvalue weighted by Crippen LogP contribution is -2.45. The van der Waals surface area contributed by atoms with Gasteiger partial charge in [0.1, 0.15) is 5.75 Å². The summed E-state index contributed by atoms with van der Waals surface area (Å²) >= 11 is 0. The molecular formula is C19H27F3N4O2. The standard InChI is InChI=1S/C19H27F3N4O2/c1-12(2)17(27)26-8-7-14(11-26)25-18(23-3)24-10-13-5-6-15(28-4)9-16(13)19(20,21)22/h5-6,9,12,14H,7-8,10-11H2,1-4H3,(H2,23,24,25). The first-order valence-corrected chi connectivity index (χ1v) is 9.15. The number of likely N-dealkylation sites (tertiary alicyclic amines) is 1. The number of ether oxygens (including phenoxy) is 1. The van der Waals surface area contributed by atoms with Crippen LogP contribution in [0.4, 0.5) is 13.2 Å². The van der Waals surface area contributed by atoms with Crippen LogP contribution < -0.4 is 15.4 Å². The van der Waals surface area contributed by atoms with Crippen molar-refractivity contribution in [3.8, 4) is 5.75 Å². The summed E-state index contributed by atoms with van der Waals surface area (Å²) in [4.78, 5) is 18.0. The highest BCUT2D eigenvalue weighted by Crippen LogP contribution is 2.34. The molecule has 1 heterocycles. The van der Waals surface area contributed by atoms with Crippen LogP contribution in [0.15, 0.2) is 23.2 Å². The first kappa shape index (κ1) is 21.8. The third kappa shape index (κ3) is 5.53. The zero-order valence-corrected chi connectivity index (χ0v) is 16.6. The number of rotatable bonds is 5. The number of carbonyl (C=O) groups excluding carboxylic acids is 1. The van der Waals surface area contributed by atoms with Gasteiger partial charge in [0.2, 0.25) is 5.91 Å². The summed E-state index contributed by atoms with van der Waals surface area (Å²) < 4.78 is 44.8. The molecule has 28 heavy (non-hydrogen) atoms. The van der Waals surface area contributed by atoms with Gasteiger partial charge >= 0.3 is 6.18 Å². The van der Waals surface area contributed by atoms with Crippen molar-refractivity contribution in [3.05, 3.63) is 29.3 Å². The van der Waals surface area contributed by atoms with E-state index in [2.05, 4.69) is 15.6 Å². The highest BCUT2D eigenvalue weighted by atomic mass is 19.4. The van der Waals surface area contributed by atoms with Crippen LogP contribution in [-0.4, -0.2) is 50.1 Å². The van der Waals surface area contributed by atoms with E-state index in [4.69, 9.17) is 4.74 Å². The fourth-order valence-corrected chi connectivity index (χ4v) is 3.11. The quantitative estimate of drug-likeness (QED) is 0.589. The van der Waals surface area contributed by atoms with Crippen molar-refractivity contribution in [2.75, 3.05) is 27.2 Å². The number of hydrogen-bond acceptors (Lipinski definition) is 3. The molecule has 1 fully saturated rings. The zero-order chi connectivity index (χ0) is 20.9.